The average molecular weight is 263 g/mol. The van der Waals surface area contributed by atoms with Gasteiger partial charge in [-0.05, 0) is 31.0 Å². The highest BCUT2D eigenvalue weighted by atomic mass is 32.1. The second kappa shape index (κ2) is 5.98. The minimum absolute atomic E-state index is 0.386. The molecule has 18 heavy (non-hydrogen) atoms. The van der Waals surface area contributed by atoms with Crippen molar-refractivity contribution in [2.75, 3.05) is 0 Å². The van der Waals surface area contributed by atoms with Crippen LogP contribution in [0.5, 0.6) is 5.75 Å². The molecule has 0 unspecified atom stereocenters. The number of aromatic nitrogens is 1. The zero-order valence-electron chi connectivity index (χ0n) is 10.6. The summed E-state index contributed by atoms with van der Waals surface area (Å²) in [5.74, 6) is 0.813. The third kappa shape index (κ3) is 3.31. The highest BCUT2D eigenvalue weighted by molar-refractivity contribution is 7.11. The van der Waals surface area contributed by atoms with E-state index < -0.39 is 0 Å². The van der Waals surface area contributed by atoms with Gasteiger partial charge in [-0.2, -0.15) is 0 Å². The minimum Gasteiger partial charge on any atom is -0.488 e. The molecule has 0 aliphatic carbocycles. The summed E-state index contributed by atoms with van der Waals surface area (Å²) in [7, 11) is 0. The van der Waals surface area contributed by atoms with E-state index in [1.165, 1.54) is 0 Å². The fraction of sp³-hybridized carbons (Fsp3) is 0.357. The Morgan fingerprint density at radius 2 is 2.06 bits per heavy atom. The third-order valence-electron chi connectivity index (χ3n) is 2.70. The molecule has 1 N–H and O–H groups in total. The molecule has 0 aliphatic heterocycles. The van der Waals surface area contributed by atoms with E-state index in [0.29, 0.717) is 6.61 Å². The number of thiazole rings is 1. The molecule has 0 aliphatic rings. The number of hydrogen-bond acceptors (Lipinski definition) is 4. The number of ether oxygens (including phenoxy) is 1. The molecule has 96 valence electrons. The molecule has 1 heterocycles. The summed E-state index contributed by atoms with van der Waals surface area (Å²) in [6.07, 6.45) is 2.18. The number of aliphatic hydroxyl groups excluding tert-OH is 1. The topological polar surface area (TPSA) is 42.4 Å². The molecular formula is C14H17NO2S. The maximum Gasteiger partial charge on any atom is 0.124 e. The normalized spacial score (nSPS) is 12.4. The van der Waals surface area contributed by atoms with Gasteiger partial charge in [-0.1, -0.05) is 19.1 Å². The van der Waals surface area contributed by atoms with Crippen LogP contribution in [0.25, 0.3) is 0 Å². The molecule has 2 rings (SSSR count). The Kier molecular flexibility index (Phi) is 4.33. The van der Waals surface area contributed by atoms with Crippen LogP contribution in [-0.4, -0.2) is 10.1 Å². The first-order valence-corrected chi connectivity index (χ1v) is 6.83. The second-order valence-corrected chi connectivity index (χ2v) is 5.45. The summed E-state index contributed by atoms with van der Waals surface area (Å²) in [6, 6.07) is 7.59. The summed E-state index contributed by atoms with van der Waals surface area (Å²) in [5.41, 5.74) is 0.929. The molecule has 0 saturated carbocycles. The number of aryl methyl sites for hydroxylation is 1. The summed E-state index contributed by atoms with van der Waals surface area (Å²) in [6.45, 7) is 4.48. The number of aliphatic hydroxyl groups is 1. The lowest BCUT2D eigenvalue weighted by Gasteiger charge is -2.09. The van der Waals surface area contributed by atoms with Crippen LogP contribution in [0.2, 0.25) is 0 Å². The lowest BCUT2D eigenvalue weighted by molar-refractivity contribution is 0.173. The Morgan fingerprint density at radius 3 is 2.61 bits per heavy atom. The van der Waals surface area contributed by atoms with Crippen molar-refractivity contribution in [2.45, 2.75) is 33.0 Å². The van der Waals surface area contributed by atoms with Crippen molar-refractivity contribution in [1.29, 1.82) is 0 Å². The standard InChI is InChI=1S/C14H17NO2S/c1-3-14(16)11-4-6-12(7-5-11)17-9-13-8-15-10(2)18-13/h4-8,14,16H,3,9H2,1-2H3/t14-/m0/s1. The first kappa shape index (κ1) is 13.1. The van der Waals surface area contributed by atoms with Crippen molar-refractivity contribution in [3.05, 3.63) is 45.9 Å². The predicted molar refractivity (Wildman–Crippen MR) is 72.9 cm³/mol. The molecule has 4 heteroatoms. The van der Waals surface area contributed by atoms with Gasteiger partial charge in [0, 0.05) is 6.20 Å². The highest BCUT2D eigenvalue weighted by Crippen LogP contribution is 2.21. The third-order valence-corrected chi connectivity index (χ3v) is 3.59. The molecule has 1 atom stereocenters. The van der Waals surface area contributed by atoms with E-state index in [2.05, 4.69) is 4.98 Å². The van der Waals surface area contributed by atoms with Gasteiger partial charge < -0.3 is 9.84 Å². The van der Waals surface area contributed by atoms with Crippen molar-refractivity contribution in [1.82, 2.24) is 4.98 Å². The van der Waals surface area contributed by atoms with Crippen molar-refractivity contribution in [3.63, 3.8) is 0 Å². The zero-order chi connectivity index (χ0) is 13.0. The van der Waals surface area contributed by atoms with E-state index in [1.54, 1.807) is 11.3 Å². The van der Waals surface area contributed by atoms with Gasteiger partial charge in [0.15, 0.2) is 0 Å². The van der Waals surface area contributed by atoms with Crippen LogP contribution < -0.4 is 4.74 Å². The first-order valence-electron chi connectivity index (χ1n) is 6.01. The number of rotatable bonds is 5. The molecule has 0 spiro atoms. The Balaban J connectivity index is 1.94. The first-order chi connectivity index (χ1) is 8.69. The van der Waals surface area contributed by atoms with E-state index in [9.17, 15) is 5.11 Å². The minimum atomic E-state index is -0.386. The molecule has 0 saturated heterocycles. The van der Waals surface area contributed by atoms with Crippen molar-refractivity contribution < 1.29 is 9.84 Å². The van der Waals surface area contributed by atoms with Gasteiger partial charge >= 0.3 is 0 Å². The molecule has 0 radical (unpaired) electrons. The monoisotopic (exact) mass is 263 g/mol. The smallest absolute Gasteiger partial charge is 0.124 e. The van der Waals surface area contributed by atoms with Gasteiger partial charge in [-0.15, -0.1) is 11.3 Å². The quantitative estimate of drug-likeness (QED) is 0.898. The Bertz CT molecular complexity index is 493. The van der Waals surface area contributed by atoms with Crippen LogP contribution >= 0.6 is 11.3 Å². The summed E-state index contributed by atoms with van der Waals surface area (Å²) >= 11 is 1.64. The van der Waals surface area contributed by atoms with Gasteiger partial charge in [0.05, 0.1) is 16.0 Å². The van der Waals surface area contributed by atoms with Crippen LogP contribution in [0, 0.1) is 6.92 Å². The average Bonchev–Trinajstić information content (AvgIpc) is 2.82. The fourth-order valence-corrected chi connectivity index (χ4v) is 2.36. The van der Waals surface area contributed by atoms with Crippen molar-refractivity contribution in [2.24, 2.45) is 0 Å². The van der Waals surface area contributed by atoms with E-state index >= 15 is 0 Å². The maximum atomic E-state index is 9.68. The second-order valence-electron chi connectivity index (χ2n) is 4.13. The van der Waals surface area contributed by atoms with E-state index in [1.807, 2.05) is 44.3 Å². The van der Waals surface area contributed by atoms with E-state index in [0.717, 1.165) is 27.6 Å². The number of benzene rings is 1. The van der Waals surface area contributed by atoms with Crippen molar-refractivity contribution >= 4 is 11.3 Å². The highest BCUT2D eigenvalue weighted by Gasteiger charge is 2.05. The predicted octanol–water partition coefficient (Wildman–Crippen LogP) is 3.47. The fourth-order valence-electron chi connectivity index (χ4n) is 1.65. The van der Waals surface area contributed by atoms with Crippen molar-refractivity contribution in [3.8, 4) is 5.75 Å². The Morgan fingerprint density at radius 1 is 1.33 bits per heavy atom. The van der Waals surface area contributed by atoms with Crippen LogP contribution in [0.15, 0.2) is 30.5 Å². The van der Waals surface area contributed by atoms with Gasteiger partial charge in [0.1, 0.15) is 12.4 Å². The van der Waals surface area contributed by atoms with Gasteiger partial charge in [0.25, 0.3) is 0 Å². The summed E-state index contributed by atoms with van der Waals surface area (Å²) in [5, 5.41) is 10.7. The van der Waals surface area contributed by atoms with E-state index in [4.69, 9.17) is 4.74 Å². The Labute approximate surface area is 111 Å². The van der Waals surface area contributed by atoms with Gasteiger partial charge in [-0.3, -0.25) is 0 Å². The summed E-state index contributed by atoms with van der Waals surface area (Å²) < 4.78 is 5.66. The van der Waals surface area contributed by atoms with Crippen LogP contribution in [0.3, 0.4) is 0 Å². The zero-order valence-corrected chi connectivity index (χ0v) is 11.4. The maximum absolute atomic E-state index is 9.68. The molecule has 3 nitrogen and oxygen atoms in total. The molecular weight excluding hydrogens is 246 g/mol. The number of nitrogens with zero attached hydrogens (tertiary/aromatic N) is 1. The molecule has 0 fully saturated rings. The Hall–Kier alpha value is -1.39. The van der Waals surface area contributed by atoms with Gasteiger partial charge in [0.2, 0.25) is 0 Å². The van der Waals surface area contributed by atoms with E-state index in [-0.39, 0.29) is 6.10 Å². The molecule has 1 aromatic heterocycles. The molecule has 0 bridgehead atoms. The lowest BCUT2D eigenvalue weighted by Crippen LogP contribution is -1.96. The van der Waals surface area contributed by atoms with Crippen LogP contribution in [0.4, 0.5) is 0 Å². The molecule has 0 amide bonds. The summed E-state index contributed by atoms with van der Waals surface area (Å²) in [4.78, 5) is 5.30. The van der Waals surface area contributed by atoms with Crippen LogP contribution in [-0.2, 0) is 6.61 Å². The van der Waals surface area contributed by atoms with Gasteiger partial charge in [-0.25, -0.2) is 4.98 Å². The largest absolute Gasteiger partial charge is 0.488 e. The molecule has 1 aromatic carbocycles. The molecule has 2 aromatic rings. The number of hydrogen-bond donors (Lipinski definition) is 1. The lowest BCUT2D eigenvalue weighted by atomic mass is 10.1. The SMILES string of the molecule is CC[C@H](O)c1ccc(OCc2cnc(C)s2)cc1. The van der Waals surface area contributed by atoms with Crippen LogP contribution in [0.1, 0.15) is 34.9 Å².